The van der Waals surface area contributed by atoms with Crippen molar-refractivity contribution in [1.29, 1.82) is 5.26 Å². The number of nitrogens with zero attached hydrogens (tertiary/aromatic N) is 1. The summed E-state index contributed by atoms with van der Waals surface area (Å²) >= 11 is 4.10. The van der Waals surface area contributed by atoms with Crippen LogP contribution in [0, 0.1) is 18.5 Å². The lowest BCUT2D eigenvalue weighted by Crippen LogP contribution is -2.04. The smallest absolute Gasteiger partial charge is 0.256 e. The van der Waals surface area contributed by atoms with E-state index in [0.29, 0.717) is 16.8 Å². The van der Waals surface area contributed by atoms with Crippen molar-refractivity contribution in [3.05, 3.63) is 54.2 Å². The first-order valence-electron chi connectivity index (χ1n) is 6.26. The Hall–Kier alpha value is -1.60. The van der Waals surface area contributed by atoms with Crippen LogP contribution in [0.2, 0.25) is 0 Å². The number of nitrogens with one attached hydrogen (secondary N) is 1. The molecule has 2 aromatic rings. The molecule has 108 valence electrons. The van der Waals surface area contributed by atoms with E-state index in [0.717, 1.165) is 18.3 Å². The summed E-state index contributed by atoms with van der Waals surface area (Å²) in [5.74, 6) is 0.0159. The number of benzene rings is 2. The highest BCUT2D eigenvalue weighted by Gasteiger charge is 2.26. The number of anilines is 1. The van der Waals surface area contributed by atoms with Crippen LogP contribution in [0.3, 0.4) is 0 Å². The number of halogens is 2. The number of rotatable bonds is 1. The van der Waals surface area contributed by atoms with Crippen molar-refractivity contribution < 1.29 is 9.90 Å². The molecule has 0 spiro atoms. The van der Waals surface area contributed by atoms with E-state index in [4.69, 9.17) is 5.26 Å². The Morgan fingerprint density at radius 1 is 1.23 bits per heavy atom. The Labute approximate surface area is 154 Å². The molecule has 1 amide bonds. The van der Waals surface area contributed by atoms with Crippen LogP contribution >= 0.6 is 45.2 Å². The third kappa shape index (κ3) is 2.59. The van der Waals surface area contributed by atoms with Crippen LogP contribution in [0.5, 0.6) is 5.75 Å². The zero-order valence-electron chi connectivity index (χ0n) is 11.0. The molecule has 1 aliphatic heterocycles. The molecule has 0 aromatic heterocycles. The van der Waals surface area contributed by atoms with Gasteiger partial charge < -0.3 is 10.4 Å². The second-order valence-corrected chi connectivity index (χ2v) is 7.01. The largest absolute Gasteiger partial charge is 0.506 e. The minimum absolute atomic E-state index is 0.226. The first-order valence-corrected chi connectivity index (χ1v) is 8.41. The van der Waals surface area contributed by atoms with E-state index in [1.54, 1.807) is 18.2 Å². The molecule has 0 saturated heterocycles. The van der Waals surface area contributed by atoms with Crippen molar-refractivity contribution in [3.63, 3.8) is 0 Å². The quantitative estimate of drug-likeness (QED) is 0.448. The fourth-order valence-corrected chi connectivity index (χ4v) is 4.10. The molecule has 2 N–H and O–H groups in total. The van der Waals surface area contributed by atoms with Crippen molar-refractivity contribution in [1.82, 2.24) is 0 Å². The number of aromatic hydroxyl groups is 1. The maximum absolute atomic E-state index is 12.2. The number of para-hydroxylation sites is 1. The number of hydrogen-bond acceptors (Lipinski definition) is 3. The van der Waals surface area contributed by atoms with Crippen LogP contribution in [0.4, 0.5) is 5.69 Å². The van der Waals surface area contributed by atoms with Gasteiger partial charge in [0.15, 0.2) is 0 Å². The lowest BCUT2D eigenvalue weighted by atomic mass is 10.0. The summed E-state index contributed by atoms with van der Waals surface area (Å²) in [6.07, 6.45) is 1.77. The molecular weight excluding hydrogens is 506 g/mol. The van der Waals surface area contributed by atoms with Crippen LogP contribution in [0.1, 0.15) is 16.7 Å². The summed E-state index contributed by atoms with van der Waals surface area (Å²) in [6.45, 7) is 0. The molecule has 0 saturated carbocycles. The summed E-state index contributed by atoms with van der Waals surface area (Å²) in [5.41, 5.74) is 3.08. The molecule has 0 aliphatic carbocycles. The standard InChI is InChI=1S/C16H8I2N2O2/c17-12-5-8(6-13(18)15(12)21)4-11-10-3-1-2-9(7-19)14(10)20-16(11)22/h1-6,21H,(H,20,22)/b11-4-. The molecule has 0 radical (unpaired) electrons. The van der Waals surface area contributed by atoms with Gasteiger partial charge in [-0.1, -0.05) is 12.1 Å². The number of fused-ring (bicyclic) bond motifs is 1. The molecule has 0 bridgehead atoms. The fourth-order valence-electron chi connectivity index (χ4n) is 2.29. The van der Waals surface area contributed by atoms with Gasteiger partial charge in [-0.05, 0) is 75.0 Å². The Balaban J connectivity index is 2.15. The average Bonchev–Trinajstić information content (AvgIpc) is 2.81. The molecule has 1 aliphatic rings. The third-order valence-corrected chi connectivity index (χ3v) is 4.95. The molecule has 2 aromatic carbocycles. The van der Waals surface area contributed by atoms with Gasteiger partial charge in [-0.15, -0.1) is 0 Å². The third-order valence-electron chi connectivity index (χ3n) is 3.31. The minimum atomic E-state index is -0.226. The zero-order chi connectivity index (χ0) is 15.9. The number of amides is 1. The minimum Gasteiger partial charge on any atom is -0.506 e. The first kappa shape index (κ1) is 15.3. The zero-order valence-corrected chi connectivity index (χ0v) is 15.3. The van der Waals surface area contributed by atoms with Crippen LogP contribution in [-0.4, -0.2) is 11.0 Å². The molecule has 0 atom stereocenters. The van der Waals surface area contributed by atoms with Crippen molar-refractivity contribution >= 4 is 68.4 Å². The van der Waals surface area contributed by atoms with Gasteiger partial charge in [0.1, 0.15) is 11.8 Å². The van der Waals surface area contributed by atoms with Gasteiger partial charge in [0.25, 0.3) is 5.91 Å². The number of carbonyl (C=O) groups is 1. The van der Waals surface area contributed by atoms with Crippen molar-refractivity contribution in [2.24, 2.45) is 0 Å². The van der Waals surface area contributed by atoms with Crippen LogP contribution in [0.25, 0.3) is 11.6 Å². The normalized spacial score (nSPS) is 14.6. The Bertz CT molecular complexity index is 859. The summed E-state index contributed by atoms with van der Waals surface area (Å²) in [5, 5.41) is 21.7. The van der Waals surface area contributed by atoms with Gasteiger partial charge in [-0.25, -0.2) is 0 Å². The van der Waals surface area contributed by atoms with Crippen molar-refractivity contribution in [3.8, 4) is 11.8 Å². The fraction of sp³-hybridized carbons (Fsp3) is 0. The number of phenols is 1. The van der Waals surface area contributed by atoms with E-state index in [1.165, 1.54) is 0 Å². The lowest BCUT2D eigenvalue weighted by Gasteiger charge is -2.04. The molecular formula is C16H8I2N2O2. The van der Waals surface area contributed by atoms with Gasteiger partial charge in [0, 0.05) is 11.1 Å². The number of carbonyl (C=O) groups excluding carboxylic acids is 1. The highest BCUT2D eigenvalue weighted by atomic mass is 127. The van der Waals surface area contributed by atoms with E-state index in [1.807, 2.05) is 18.2 Å². The monoisotopic (exact) mass is 514 g/mol. The maximum atomic E-state index is 12.2. The molecule has 1 heterocycles. The molecule has 3 rings (SSSR count). The van der Waals surface area contributed by atoms with Gasteiger partial charge >= 0.3 is 0 Å². The number of hydrogen-bond donors (Lipinski definition) is 2. The summed E-state index contributed by atoms with van der Waals surface area (Å²) in [6, 6.07) is 11.0. The van der Waals surface area contributed by atoms with Gasteiger partial charge in [-0.3, -0.25) is 4.79 Å². The van der Waals surface area contributed by atoms with Gasteiger partial charge in [0.2, 0.25) is 0 Å². The highest BCUT2D eigenvalue weighted by molar-refractivity contribution is 14.1. The molecule has 0 unspecified atom stereocenters. The maximum Gasteiger partial charge on any atom is 0.256 e. The van der Waals surface area contributed by atoms with Gasteiger partial charge in [-0.2, -0.15) is 5.26 Å². The Morgan fingerprint density at radius 3 is 2.55 bits per heavy atom. The average molecular weight is 514 g/mol. The first-order chi connectivity index (χ1) is 10.5. The van der Waals surface area contributed by atoms with Crippen molar-refractivity contribution in [2.45, 2.75) is 0 Å². The van der Waals surface area contributed by atoms with E-state index < -0.39 is 0 Å². The molecule has 22 heavy (non-hydrogen) atoms. The second-order valence-electron chi connectivity index (χ2n) is 4.69. The number of phenolic OH excluding ortho intramolecular Hbond substituents is 1. The predicted molar refractivity (Wildman–Crippen MR) is 101 cm³/mol. The predicted octanol–water partition coefficient (Wildman–Crippen LogP) is 3.97. The van der Waals surface area contributed by atoms with Gasteiger partial charge in [0.05, 0.1) is 18.4 Å². The molecule has 4 nitrogen and oxygen atoms in total. The van der Waals surface area contributed by atoms with E-state index >= 15 is 0 Å². The van der Waals surface area contributed by atoms with E-state index in [-0.39, 0.29) is 11.7 Å². The SMILES string of the molecule is N#Cc1cccc2c1NC(=O)/C2=C\c1cc(I)c(O)c(I)c1. The van der Waals surface area contributed by atoms with Crippen LogP contribution < -0.4 is 5.32 Å². The molecule has 0 fully saturated rings. The van der Waals surface area contributed by atoms with E-state index in [2.05, 4.69) is 56.6 Å². The van der Waals surface area contributed by atoms with Crippen molar-refractivity contribution in [2.75, 3.05) is 5.32 Å². The Kier molecular flexibility index (Phi) is 4.10. The summed E-state index contributed by atoms with van der Waals surface area (Å²) in [4.78, 5) is 12.2. The van der Waals surface area contributed by atoms with Crippen LogP contribution in [-0.2, 0) is 4.79 Å². The second kappa shape index (κ2) is 5.89. The molecule has 6 heteroatoms. The number of nitriles is 1. The van der Waals surface area contributed by atoms with E-state index in [9.17, 15) is 9.90 Å². The highest BCUT2D eigenvalue weighted by Crippen LogP contribution is 2.36. The summed E-state index contributed by atoms with van der Waals surface area (Å²) in [7, 11) is 0. The summed E-state index contributed by atoms with van der Waals surface area (Å²) < 4.78 is 1.45. The topological polar surface area (TPSA) is 73.1 Å². The lowest BCUT2D eigenvalue weighted by molar-refractivity contribution is -0.110. The van der Waals surface area contributed by atoms with Crippen LogP contribution in [0.15, 0.2) is 30.3 Å². The Morgan fingerprint density at radius 2 is 1.91 bits per heavy atom.